The molecule has 6 nitrogen and oxygen atoms in total. The Balaban J connectivity index is 1.86. The summed E-state index contributed by atoms with van der Waals surface area (Å²) in [5.74, 6) is -1.49. The van der Waals surface area contributed by atoms with Gasteiger partial charge in [0.25, 0.3) is 0 Å². The highest BCUT2D eigenvalue weighted by molar-refractivity contribution is 6.35. The number of halogens is 2. The maximum absolute atomic E-state index is 12.3. The summed E-state index contributed by atoms with van der Waals surface area (Å²) < 4.78 is 5.16. The molecule has 1 atom stereocenters. The zero-order valence-corrected chi connectivity index (χ0v) is 14.7. The first kappa shape index (κ1) is 16.8. The predicted octanol–water partition coefficient (Wildman–Crippen LogP) is 4.08. The number of aromatic carboxylic acids is 1. The number of carbonyl (C=O) groups is 2. The molecule has 1 unspecified atom stereocenters. The molecule has 3 N–H and O–H groups in total. The highest BCUT2D eigenvalue weighted by Gasteiger charge is 2.36. The Morgan fingerprint density at radius 3 is 2.69 bits per heavy atom. The van der Waals surface area contributed by atoms with E-state index >= 15 is 0 Å². The number of fused-ring (bicyclic) bond motifs is 1. The highest BCUT2D eigenvalue weighted by atomic mass is 35.5. The van der Waals surface area contributed by atoms with Crippen LogP contribution in [-0.2, 0) is 9.53 Å². The molecule has 0 radical (unpaired) electrons. The number of hydrogen-bond donors (Lipinski definition) is 3. The van der Waals surface area contributed by atoms with E-state index in [0.29, 0.717) is 38.3 Å². The van der Waals surface area contributed by atoms with Gasteiger partial charge < -0.3 is 20.5 Å². The molecule has 0 saturated carbocycles. The second-order valence-corrected chi connectivity index (χ2v) is 6.75. The van der Waals surface area contributed by atoms with Crippen LogP contribution in [-0.4, -0.2) is 23.7 Å². The Labute approximate surface area is 158 Å². The Kier molecular flexibility index (Phi) is 4.01. The molecule has 0 aliphatic carbocycles. The molecule has 0 spiro atoms. The second-order valence-electron chi connectivity index (χ2n) is 5.90. The molecule has 0 aromatic heterocycles. The van der Waals surface area contributed by atoms with Gasteiger partial charge >= 0.3 is 11.9 Å². The van der Waals surface area contributed by atoms with E-state index in [9.17, 15) is 14.7 Å². The zero-order chi connectivity index (χ0) is 18.4. The number of cyclic esters (lactones) is 1. The van der Waals surface area contributed by atoms with Crippen LogP contribution in [0.15, 0.2) is 47.7 Å². The van der Waals surface area contributed by atoms with E-state index in [1.165, 1.54) is 12.1 Å². The summed E-state index contributed by atoms with van der Waals surface area (Å²) in [7, 11) is 0. The molecule has 2 aromatic rings. The van der Waals surface area contributed by atoms with Crippen molar-refractivity contribution in [1.29, 1.82) is 0 Å². The van der Waals surface area contributed by atoms with E-state index in [1.807, 2.05) is 0 Å². The van der Waals surface area contributed by atoms with Crippen LogP contribution in [0.4, 0.5) is 11.4 Å². The summed E-state index contributed by atoms with van der Waals surface area (Å²) in [6.07, 6.45) is 0. The minimum absolute atomic E-state index is 0.0777. The van der Waals surface area contributed by atoms with E-state index in [1.54, 1.807) is 24.3 Å². The molecule has 2 aliphatic rings. The van der Waals surface area contributed by atoms with Gasteiger partial charge in [0.15, 0.2) is 0 Å². The number of benzene rings is 2. The molecule has 4 rings (SSSR count). The molecule has 0 amide bonds. The summed E-state index contributed by atoms with van der Waals surface area (Å²) in [6, 6.07) is 9.13. The lowest BCUT2D eigenvalue weighted by Gasteiger charge is -2.21. The molecule has 0 bridgehead atoms. The van der Waals surface area contributed by atoms with Crippen molar-refractivity contribution >= 4 is 46.5 Å². The monoisotopic (exact) mass is 390 g/mol. The third kappa shape index (κ3) is 2.77. The van der Waals surface area contributed by atoms with Crippen molar-refractivity contribution in [3.05, 3.63) is 68.8 Å². The van der Waals surface area contributed by atoms with E-state index in [4.69, 9.17) is 27.9 Å². The van der Waals surface area contributed by atoms with E-state index < -0.39 is 18.0 Å². The van der Waals surface area contributed by atoms with Crippen molar-refractivity contribution in [3.8, 4) is 0 Å². The highest BCUT2D eigenvalue weighted by Crippen LogP contribution is 2.41. The topological polar surface area (TPSA) is 87.7 Å². The largest absolute Gasteiger partial charge is 0.478 e. The summed E-state index contributed by atoms with van der Waals surface area (Å²) in [5.41, 5.74) is 2.96. The van der Waals surface area contributed by atoms with Crippen LogP contribution in [0.3, 0.4) is 0 Å². The summed E-state index contributed by atoms with van der Waals surface area (Å²) in [5, 5.41) is 16.5. The number of esters is 1. The van der Waals surface area contributed by atoms with Crippen LogP contribution in [0.5, 0.6) is 0 Å². The fraction of sp³-hybridized carbons (Fsp3) is 0.111. The van der Waals surface area contributed by atoms with Gasteiger partial charge in [0, 0.05) is 10.0 Å². The van der Waals surface area contributed by atoms with Gasteiger partial charge in [-0.05, 0) is 35.9 Å². The molecule has 2 aromatic carbocycles. The average molecular weight is 391 g/mol. The number of carboxylic acid groups (broad SMARTS) is 1. The van der Waals surface area contributed by atoms with Crippen LogP contribution in [0, 0.1) is 0 Å². The van der Waals surface area contributed by atoms with Crippen LogP contribution in [0.25, 0.3) is 0 Å². The second kappa shape index (κ2) is 6.23. The van der Waals surface area contributed by atoms with Crippen molar-refractivity contribution in [1.82, 2.24) is 0 Å². The molecule has 0 saturated heterocycles. The Bertz CT molecular complexity index is 987. The standard InChI is InChI=1S/C18H12Cl2N2O4/c19-9-2-3-10(11(20)6-9)16-15-14(7-26-18(15)25)21-13-5-8(17(23)24)1-4-12(13)22-16/h1-6,16,21-22H,7H2,(H,23,24). The average Bonchev–Trinajstić information content (AvgIpc) is 2.86. The van der Waals surface area contributed by atoms with Crippen molar-refractivity contribution in [3.63, 3.8) is 0 Å². The number of anilines is 2. The fourth-order valence-electron chi connectivity index (χ4n) is 3.08. The number of nitrogens with one attached hydrogen (secondary N) is 2. The number of carboxylic acids is 1. The van der Waals surface area contributed by atoms with Gasteiger partial charge in [-0.15, -0.1) is 0 Å². The lowest BCUT2D eigenvalue weighted by atomic mass is 9.97. The van der Waals surface area contributed by atoms with Crippen LogP contribution < -0.4 is 10.6 Å². The molecule has 2 heterocycles. The lowest BCUT2D eigenvalue weighted by molar-refractivity contribution is -0.136. The van der Waals surface area contributed by atoms with E-state index in [2.05, 4.69) is 10.6 Å². The number of carbonyl (C=O) groups excluding carboxylic acids is 1. The first-order valence-electron chi connectivity index (χ1n) is 7.70. The van der Waals surface area contributed by atoms with Gasteiger partial charge in [0.1, 0.15) is 6.61 Å². The molecule has 26 heavy (non-hydrogen) atoms. The minimum Gasteiger partial charge on any atom is -0.478 e. The predicted molar refractivity (Wildman–Crippen MR) is 97.8 cm³/mol. The van der Waals surface area contributed by atoms with Crippen molar-refractivity contribution in [2.75, 3.05) is 17.2 Å². The van der Waals surface area contributed by atoms with Gasteiger partial charge in [0.05, 0.1) is 34.3 Å². The molecule has 2 aliphatic heterocycles. The van der Waals surface area contributed by atoms with Gasteiger partial charge in [-0.3, -0.25) is 0 Å². The quantitative estimate of drug-likeness (QED) is 0.669. The minimum atomic E-state index is -1.04. The number of rotatable bonds is 2. The lowest BCUT2D eigenvalue weighted by Crippen LogP contribution is -2.18. The summed E-state index contributed by atoms with van der Waals surface area (Å²) >= 11 is 12.3. The molecule has 0 fully saturated rings. The van der Waals surface area contributed by atoms with Crippen LogP contribution in [0.1, 0.15) is 22.0 Å². The maximum Gasteiger partial charge on any atom is 0.338 e. The molecular weight excluding hydrogens is 379 g/mol. The molecular formula is C18H12Cl2N2O4. The normalized spacial score (nSPS) is 18.2. The third-order valence-corrected chi connectivity index (χ3v) is 4.87. The summed E-state index contributed by atoms with van der Waals surface area (Å²) in [4.78, 5) is 23.6. The zero-order valence-electron chi connectivity index (χ0n) is 13.2. The van der Waals surface area contributed by atoms with Gasteiger partial charge in [0.2, 0.25) is 0 Å². The third-order valence-electron chi connectivity index (χ3n) is 4.31. The maximum atomic E-state index is 12.3. The van der Waals surface area contributed by atoms with Crippen molar-refractivity contribution in [2.24, 2.45) is 0 Å². The first-order chi connectivity index (χ1) is 12.4. The van der Waals surface area contributed by atoms with Crippen LogP contribution >= 0.6 is 23.2 Å². The van der Waals surface area contributed by atoms with Gasteiger partial charge in [-0.1, -0.05) is 29.3 Å². The Hall–Kier alpha value is -2.70. The fourth-order valence-corrected chi connectivity index (χ4v) is 3.60. The summed E-state index contributed by atoms with van der Waals surface area (Å²) in [6.45, 7) is 0.0777. The van der Waals surface area contributed by atoms with E-state index in [-0.39, 0.29) is 12.2 Å². The van der Waals surface area contributed by atoms with Crippen LogP contribution in [0.2, 0.25) is 10.0 Å². The van der Waals surface area contributed by atoms with Gasteiger partial charge in [-0.2, -0.15) is 0 Å². The Morgan fingerprint density at radius 2 is 1.96 bits per heavy atom. The Morgan fingerprint density at radius 1 is 1.15 bits per heavy atom. The van der Waals surface area contributed by atoms with E-state index in [0.717, 1.165) is 0 Å². The SMILES string of the molecule is O=C1OCC2=C1C(c1ccc(Cl)cc1Cl)Nc1ccc(C(=O)O)cc1N2. The number of hydrogen-bond acceptors (Lipinski definition) is 5. The smallest absolute Gasteiger partial charge is 0.338 e. The van der Waals surface area contributed by atoms with Crippen molar-refractivity contribution in [2.45, 2.75) is 6.04 Å². The number of ether oxygens (including phenoxy) is 1. The van der Waals surface area contributed by atoms with Gasteiger partial charge in [-0.25, -0.2) is 9.59 Å². The van der Waals surface area contributed by atoms with Crippen molar-refractivity contribution < 1.29 is 19.4 Å². The molecule has 8 heteroatoms. The molecule has 132 valence electrons. The first-order valence-corrected chi connectivity index (χ1v) is 8.45.